The molecule has 5 rings (SSSR count). The minimum atomic E-state index is -0.591. The minimum Gasteiger partial charge on any atom is -0.502 e. The predicted octanol–water partition coefficient (Wildman–Crippen LogP) is 2.42. The quantitative estimate of drug-likeness (QED) is 0.524. The molecule has 2 aromatic carbocycles. The number of carbonyl (C=O) groups excluding carboxylic acids is 2. The number of carbonyl (C=O) groups is 2. The van der Waals surface area contributed by atoms with E-state index in [9.17, 15) is 14.7 Å². The van der Waals surface area contributed by atoms with Gasteiger partial charge in [-0.1, -0.05) is 6.58 Å². The highest BCUT2D eigenvalue weighted by atomic mass is 16.7. The SMILES string of the molecule is C=CC(=O)N[C@@H]1c2cc3c(cc2C(c2cc(OC)c(O)c(OC)c2)[C@H]2C(=O)OC[C@H]12)OCO3. The van der Waals surface area contributed by atoms with Gasteiger partial charge in [0.1, 0.15) is 0 Å². The fraction of sp³-hybridized carbons (Fsp3) is 0.333. The molecule has 0 aromatic heterocycles. The molecule has 9 heteroatoms. The number of esters is 1. The lowest BCUT2D eigenvalue weighted by Gasteiger charge is -2.39. The Morgan fingerprint density at radius 2 is 1.73 bits per heavy atom. The molecule has 1 saturated heterocycles. The average molecular weight is 453 g/mol. The summed E-state index contributed by atoms with van der Waals surface area (Å²) in [6.07, 6.45) is 1.20. The number of phenolic OH excluding ortho intramolecular Hbond substituents is 1. The van der Waals surface area contributed by atoms with Crippen molar-refractivity contribution in [1.82, 2.24) is 5.32 Å². The molecule has 0 saturated carbocycles. The summed E-state index contributed by atoms with van der Waals surface area (Å²) in [4.78, 5) is 25.3. The molecule has 2 N–H and O–H groups in total. The van der Waals surface area contributed by atoms with Crippen molar-refractivity contribution in [1.29, 1.82) is 0 Å². The number of phenols is 1. The molecule has 0 bridgehead atoms. The maximum Gasteiger partial charge on any atom is 0.310 e. The Hall–Kier alpha value is -3.88. The summed E-state index contributed by atoms with van der Waals surface area (Å²) < 4.78 is 27.4. The molecule has 2 aliphatic heterocycles. The molecule has 9 nitrogen and oxygen atoms in total. The van der Waals surface area contributed by atoms with E-state index < -0.39 is 17.9 Å². The van der Waals surface area contributed by atoms with Gasteiger partial charge < -0.3 is 34.1 Å². The Kier molecular flexibility index (Phi) is 5.03. The van der Waals surface area contributed by atoms with E-state index in [2.05, 4.69) is 11.9 Å². The first-order valence-corrected chi connectivity index (χ1v) is 10.4. The summed E-state index contributed by atoms with van der Waals surface area (Å²) in [6.45, 7) is 3.78. The summed E-state index contributed by atoms with van der Waals surface area (Å²) in [7, 11) is 2.89. The van der Waals surface area contributed by atoms with Gasteiger partial charge in [0.15, 0.2) is 23.0 Å². The van der Waals surface area contributed by atoms with Crippen LogP contribution >= 0.6 is 0 Å². The second-order valence-electron chi connectivity index (χ2n) is 8.10. The van der Waals surface area contributed by atoms with Crippen LogP contribution in [0, 0.1) is 11.8 Å². The Bertz CT molecular complexity index is 1130. The molecule has 1 aliphatic carbocycles. The summed E-state index contributed by atoms with van der Waals surface area (Å²) in [5.41, 5.74) is 2.28. The highest BCUT2D eigenvalue weighted by Crippen LogP contribution is 2.55. The number of cyclic esters (lactones) is 1. The van der Waals surface area contributed by atoms with Crippen molar-refractivity contribution in [3.63, 3.8) is 0 Å². The topological polar surface area (TPSA) is 113 Å². The second-order valence-corrected chi connectivity index (χ2v) is 8.10. The van der Waals surface area contributed by atoms with Crippen LogP contribution in [-0.4, -0.2) is 44.6 Å². The summed E-state index contributed by atoms with van der Waals surface area (Å²) in [6, 6.07) is 6.55. The van der Waals surface area contributed by atoms with Crippen molar-refractivity contribution >= 4 is 11.9 Å². The van der Waals surface area contributed by atoms with Crippen LogP contribution < -0.4 is 24.3 Å². The molecule has 1 unspecified atom stereocenters. The third-order valence-corrected chi connectivity index (χ3v) is 6.53. The largest absolute Gasteiger partial charge is 0.502 e. The van der Waals surface area contributed by atoms with E-state index in [-0.39, 0.29) is 48.4 Å². The van der Waals surface area contributed by atoms with Crippen molar-refractivity contribution in [2.45, 2.75) is 12.0 Å². The number of nitrogens with one attached hydrogen (secondary N) is 1. The van der Waals surface area contributed by atoms with Crippen LogP contribution in [0.5, 0.6) is 28.7 Å². The first-order chi connectivity index (χ1) is 16.0. The van der Waals surface area contributed by atoms with Gasteiger partial charge in [-0.3, -0.25) is 9.59 Å². The van der Waals surface area contributed by atoms with Crippen LogP contribution in [0.4, 0.5) is 0 Å². The zero-order valence-corrected chi connectivity index (χ0v) is 18.1. The Balaban J connectivity index is 1.74. The van der Waals surface area contributed by atoms with E-state index in [1.165, 1.54) is 20.3 Å². The Morgan fingerprint density at radius 3 is 2.33 bits per heavy atom. The smallest absolute Gasteiger partial charge is 0.310 e. The van der Waals surface area contributed by atoms with E-state index in [1.54, 1.807) is 12.1 Å². The maximum absolute atomic E-state index is 13.0. The highest BCUT2D eigenvalue weighted by Gasteiger charge is 2.53. The van der Waals surface area contributed by atoms with Crippen LogP contribution in [0.25, 0.3) is 0 Å². The zero-order chi connectivity index (χ0) is 23.3. The van der Waals surface area contributed by atoms with Crippen LogP contribution in [0.15, 0.2) is 36.9 Å². The number of rotatable bonds is 5. The number of benzene rings is 2. The molecule has 1 fully saturated rings. The first-order valence-electron chi connectivity index (χ1n) is 10.4. The van der Waals surface area contributed by atoms with Crippen molar-refractivity contribution < 1.29 is 38.4 Å². The van der Waals surface area contributed by atoms with Crippen LogP contribution in [-0.2, 0) is 14.3 Å². The van der Waals surface area contributed by atoms with Gasteiger partial charge in [0.05, 0.1) is 32.8 Å². The van der Waals surface area contributed by atoms with E-state index in [1.807, 2.05) is 12.1 Å². The lowest BCUT2D eigenvalue weighted by atomic mass is 9.65. The number of methoxy groups -OCH3 is 2. The number of aromatic hydroxyl groups is 1. The fourth-order valence-electron chi connectivity index (χ4n) is 5.05. The number of hydrogen-bond acceptors (Lipinski definition) is 8. The number of hydrogen-bond donors (Lipinski definition) is 2. The maximum atomic E-state index is 13.0. The fourth-order valence-corrected chi connectivity index (χ4v) is 5.05. The molecular weight excluding hydrogens is 430 g/mol. The van der Waals surface area contributed by atoms with Crippen molar-refractivity contribution in [2.24, 2.45) is 11.8 Å². The van der Waals surface area contributed by atoms with E-state index in [0.717, 1.165) is 11.1 Å². The predicted molar refractivity (Wildman–Crippen MR) is 115 cm³/mol. The first kappa shape index (κ1) is 21.0. The molecule has 0 radical (unpaired) electrons. The molecule has 172 valence electrons. The van der Waals surface area contributed by atoms with Crippen molar-refractivity contribution in [3.8, 4) is 28.7 Å². The van der Waals surface area contributed by atoms with E-state index in [0.29, 0.717) is 17.1 Å². The second kappa shape index (κ2) is 7.91. The third-order valence-electron chi connectivity index (χ3n) is 6.53. The normalized spacial score (nSPS) is 24.4. The number of fused-ring (bicyclic) bond motifs is 3. The summed E-state index contributed by atoms with van der Waals surface area (Å²) in [5, 5.41) is 13.4. The van der Waals surface area contributed by atoms with Gasteiger partial charge in [-0.25, -0.2) is 0 Å². The Morgan fingerprint density at radius 1 is 1.09 bits per heavy atom. The molecule has 2 aromatic rings. The molecule has 1 amide bonds. The van der Waals surface area contributed by atoms with E-state index in [4.69, 9.17) is 23.7 Å². The van der Waals surface area contributed by atoms with Gasteiger partial charge in [-0.15, -0.1) is 0 Å². The van der Waals surface area contributed by atoms with Crippen LogP contribution in [0.3, 0.4) is 0 Å². The standard InChI is InChI=1S/C24H23NO8/c1-4-19(26)25-22-13-8-16-15(32-10-33-16)7-12(13)20(21-14(22)9-31-24(21)28)11-5-17(29-2)23(27)18(6-11)30-3/h4-8,14,20-22,27H,1,9-10H2,2-3H3,(H,25,26)/t14-,20?,21-,22+/m0/s1. The molecule has 0 spiro atoms. The van der Waals surface area contributed by atoms with Crippen LogP contribution in [0.1, 0.15) is 28.7 Å². The third kappa shape index (κ3) is 3.23. The number of amides is 1. The number of ether oxygens (including phenoxy) is 5. The van der Waals surface area contributed by atoms with Gasteiger partial charge in [0.2, 0.25) is 18.4 Å². The molecule has 4 atom stereocenters. The lowest BCUT2D eigenvalue weighted by Crippen LogP contribution is -2.42. The van der Waals surface area contributed by atoms with Crippen LogP contribution in [0.2, 0.25) is 0 Å². The monoisotopic (exact) mass is 453 g/mol. The molecule has 33 heavy (non-hydrogen) atoms. The summed E-state index contributed by atoms with van der Waals surface area (Å²) in [5.74, 6) is -0.678. The zero-order valence-electron chi connectivity index (χ0n) is 18.1. The minimum absolute atomic E-state index is 0.0856. The van der Waals surface area contributed by atoms with Gasteiger partial charge >= 0.3 is 5.97 Å². The lowest BCUT2D eigenvalue weighted by molar-refractivity contribution is -0.141. The average Bonchev–Trinajstić information content (AvgIpc) is 3.44. The highest BCUT2D eigenvalue weighted by molar-refractivity contribution is 5.88. The molecular formula is C24H23NO8. The molecule has 3 aliphatic rings. The van der Waals surface area contributed by atoms with Gasteiger partial charge in [0.25, 0.3) is 0 Å². The van der Waals surface area contributed by atoms with Crippen molar-refractivity contribution in [2.75, 3.05) is 27.6 Å². The Labute approximate surface area is 189 Å². The van der Waals surface area contributed by atoms with Crippen molar-refractivity contribution in [3.05, 3.63) is 53.6 Å². The van der Waals surface area contributed by atoms with E-state index >= 15 is 0 Å². The van der Waals surface area contributed by atoms with Gasteiger partial charge in [-0.2, -0.15) is 0 Å². The van der Waals surface area contributed by atoms with Gasteiger partial charge in [-0.05, 0) is 47.0 Å². The molecule has 2 heterocycles. The van der Waals surface area contributed by atoms with Gasteiger partial charge in [0, 0.05) is 11.8 Å². The summed E-state index contributed by atoms with van der Waals surface area (Å²) >= 11 is 0.